The molecule has 7 heteroatoms. The minimum atomic E-state index is -5.27. The van der Waals surface area contributed by atoms with Crippen LogP contribution in [0.5, 0.6) is 0 Å². The van der Waals surface area contributed by atoms with Crippen molar-refractivity contribution in [2.24, 2.45) is 5.41 Å². The van der Waals surface area contributed by atoms with Crippen molar-refractivity contribution < 1.29 is 21.6 Å². The van der Waals surface area contributed by atoms with Gasteiger partial charge in [-0.3, -0.25) is 0 Å². The van der Waals surface area contributed by atoms with Crippen LogP contribution in [-0.2, 0) is 9.84 Å². The van der Waals surface area contributed by atoms with Crippen LogP contribution >= 0.6 is 0 Å². The fourth-order valence-corrected chi connectivity index (χ4v) is 3.42. The zero-order chi connectivity index (χ0) is 15.9. The number of halogens is 3. The number of rotatable bonds is 3. The fraction of sp³-hybridized carbons (Fsp3) is 0.571. The molecule has 1 aliphatic rings. The number of benzene rings is 1. The van der Waals surface area contributed by atoms with Crippen molar-refractivity contribution in [3.63, 3.8) is 0 Å². The topological polar surface area (TPSA) is 46.2 Å². The Balaban J connectivity index is 2.17. The highest BCUT2D eigenvalue weighted by molar-refractivity contribution is 7.92. The van der Waals surface area contributed by atoms with E-state index in [-0.39, 0.29) is 11.5 Å². The Morgan fingerprint density at radius 1 is 1.19 bits per heavy atom. The number of sulfone groups is 1. The maximum atomic E-state index is 12.4. The lowest BCUT2D eigenvalue weighted by atomic mass is 9.87. The summed E-state index contributed by atoms with van der Waals surface area (Å²) in [6.45, 7) is 4.28. The average Bonchev–Trinajstić information content (AvgIpc) is 2.68. The van der Waals surface area contributed by atoms with Crippen LogP contribution in [-0.4, -0.2) is 20.0 Å². The van der Waals surface area contributed by atoms with Gasteiger partial charge in [0.2, 0.25) is 0 Å². The van der Waals surface area contributed by atoms with E-state index in [0.717, 1.165) is 31.4 Å². The van der Waals surface area contributed by atoms with Crippen LogP contribution in [0.2, 0.25) is 0 Å². The first-order valence-corrected chi connectivity index (χ1v) is 8.20. The number of alkyl halides is 3. The molecule has 21 heavy (non-hydrogen) atoms. The van der Waals surface area contributed by atoms with Crippen molar-refractivity contribution in [3.8, 4) is 0 Å². The van der Waals surface area contributed by atoms with Crippen molar-refractivity contribution in [3.05, 3.63) is 24.3 Å². The molecule has 1 atom stereocenters. The maximum Gasteiger partial charge on any atom is 0.501 e. The summed E-state index contributed by atoms with van der Waals surface area (Å²) >= 11 is 0. The Morgan fingerprint density at radius 2 is 1.76 bits per heavy atom. The third-order valence-corrected chi connectivity index (χ3v) is 5.57. The molecule has 0 amide bonds. The average molecular weight is 321 g/mol. The second kappa shape index (κ2) is 5.19. The normalized spacial score (nSPS) is 22.2. The van der Waals surface area contributed by atoms with Gasteiger partial charge in [-0.25, -0.2) is 8.42 Å². The summed E-state index contributed by atoms with van der Waals surface area (Å²) in [6.07, 6.45) is 3.19. The van der Waals surface area contributed by atoms with Gasteiger partial charge >= 0.3 is 5.51 Å². The predicted octanol–water partition coefficient (Wildman–Crippen LogP) is 3.97. The molecule has 0 bridgehead atoms. The van der Waals surface area contributed by atoms with Crippen molar-refractivity contribution in [2.75, 3.05) is 5.32 Å². The summed E-state index contributed by atoms with van der Waals surface area (Å²) in [4.78, 5) is -0.730. The summed E-state index contributed by atoms with van der Waals surface area (Å²) in [5.74, 6) is 0. The fourth-order valence-electron chi connectivity index (χ4n) is 2.66. The van der Waals surface area contributed by atoms with Crippen molar-refractivity contribution in [1.29, 1.82) is 0 Å². The third-order valence-electron chi connectivity index (χ3n) is 4.07. The standard InChI is InChI=1S/C14H18F3NO2S/c1-13(2)9-3-4-12(13)18-10-5-7-11(8-6-10)21(19,20)14(15,16)17/h5-8,12,18H,3-4,9H2,1-2H3. The minimum absolute atomic E-state index is 0.122. The van der Waals surface area contributed by atoms with Gasteiger partial charge in [0, 0.05) is 11.7 Å². The molecule has 0 radical (unpaired) electrons. The molecule has 2 rings (SSSR count). The van der Waals surface area contributed by atoms with E-state index in [1.807, 2.05) is 0 Å². The van der Waals surface area contributed by atoms with E-state index < -0.39 is 20.2 Å². The highest BCUT2D eigenvalue weighted by atomic mass is 32.2. The molecule has 118 valence electrons. The second-order valence-electron chi connectivity index (χ2n) is 6.05. The molecule has 0 aromatic heterocycles. The smallest absolute Gasteiger partial charge is 0.382 e. The van der Waals surface area contributed by atoms with E-state index in [0.29, 0.717) is 5.69 Å². The molecule has 3 nitrogen and oxygen atoms in total. The van der Waals surface area contributed by atoms with Gasteiger partial charge in [-0.05, 0) is 42.5 Å². The Morgan fingerprint density at radius 3 is 2.19 bits per heavy atom. The van der Waals surface area contributed by atoms with Crippen LogP contribution in [0.3, 0.4) is 0 Å². The summed E-state index contributed by atoms with van der Waals surface area (Å²) in [7, 11) is -5.27. The molecule has 0 heterocycles. The minimum Gasteiger partial charge on any atom is -0.382 e. The quantitative estimate of drug-likeness (QED) is 0.916. The molecular weight excluding hydrogens is 303 g/mol. The van der Waals surface area contributed by atoms with Crippen LogP contribution in [0.4, 0.5) is 18.9 Å². The molecule has 1 aliphatic carbocycles. The molecule has 0 aliphatic heterocycles. The summed E-state index contributed by atoms with van der Waals surface area (Å²) in [5, 5.41) is 3.27. The van der Waals surface area contributed by atoms with Gasteiger partial charge in [0.15, 0.2) is 0 Å². The highest BCUT2D eigenvalue weighted by Crippen LogP contribution is 2.39. The van der Waals surface area contributed by atoms with Gasteiger partial charge in [-0.2, -0.15) is 13.2 Å². The SMILES string of the molecule is CC1(C)CCCC1Nc1ccc(S(=O)(=O)C(F)(F)F)cc1. The summed E-state index contributed by atoms with van der Waals surface area (Å²) in [5.41, 5.74) is -4.51. The number of hydrogen-bond donors (Lipinski definition) is 1. The van der Waals surface area contributed by atoms with E-state index >= 15 is 0 Å². The highest BCUT2D eigenvalue weighted by Gasteiger charge is 2.46. The van der Waals surface area contributed by atoms with Gasteiger partial charge in [0.1, 0.15) is 0 Å². The lowest BCUT2D eigenvalue weighted by Gasteiger charge is -2.28. The van der Waals surface area contributed by atoms with Gasteiger partial charge in [-0.1, -0.05) is 20.3 Å². The lowest BCUT2D eigenvalue weighted by molar-refractivity contribution is -0.0436. The van der Waals surface area contributed by atoms with E-state index in [1.54, 1.807) is 0 Å². The Kier molecular flexibility index (Phi) is 3.99. The molecule has 1 fully saturated rings. The number of anilines is 1. The molecule has 0 saturated heterocycles. The van der Waals surface area contributed by atoms with Crippen molar-refractivity contribution in [1.82, 2.24) is 0 Å². The molecular formula is C14H18F3NO2S. The van der Waals surface area contributed by atoms with Crippen LogP contribution in [0.25, 0.3) is 0 Å². The maximum absolute atomic E-state index is 12.4. The Hall–Kier alpha value is -1.24. The van der Waals surface area contributed by atoms with Crippen LogP contribution in [0, 0.1) is 5.41 Å². The van der Waals surface area contributed by atoms with Crippen LogP contribution in [0.1, 0.15) is 33.1 Å². The first-order chi connectivity index (χ1) is 9.54. The number of hydrogen-bond acceptors (Lipinski definition) is 3. The third kappa shape index (κ3) is 3.17. The Labute approximate surface area is 122 Å². The first kappa shape index (κ1) is 16.1. The van der Waals surface area contributed by atoms with Crippen molar-refractivity contribution >= 4 is 15.5 Å². The first-order valence-electron chi connectivity index (χ1n) is 6.72. The second-order valence-corrected chi connectivity index (χ2v) is 7.99. The zero-order valence-electron chi connectivity index (χ0n) is 11.9. The van der Waals surface area contributed by atoms with Crippen LogP contribution in [0.15, 0.2) is 29.2 Å². The van der Waals surface area contributed by atoms with Crippen LogP contribution < -0.4 is 5.32 Å². The van der Waals surface area contributed by atoms with Gasteiger partial charge in [-0.15, -0.1) is 0 Å². The van der Waals surface area contributed by atoms with E-state index in [2.05, 4.69) is 19.2 Å². The van der Waals surface area contributed by atoms with E-state index in [9.17, 15) is 21.6 Å². The molecule has 1 unspecified atom stereocenters. The zero-order valence-corrected chi connectivity index (χ0v) is 12.7. The van der Waals surface area contributed by atoms with Gasteiger partial charge in [0.05, 0.1) is 4.90 Å². The largest absolute Gasteiger partial charge is 0.501 e. The summed E-state index contributed by atoms with van der Waals surface area (Å²) in [6, 6.07) is 4.99. The van der Waals surface area contributed by atoms with Gasteiger partial charge < -0.3 is 5.32 Å². The van der Waals surface area contributed by atoms with E-state index in [1.165, 1.54) is 12.1 Å². The summed E-state index contributed by atoms with van der Waals surface area (Å²) < 4.78 is 59.9. The molecule has 1 aromatic rings. The Bertz CT molecular complexity index is 606. The molecule has 1 N–H and O–H groups in total. The van der Waals surface area contributed by atoms with Gasteiger partial charge in [0.25, 0.3) is 9.84 Å². The molecule has 1 saturated carbocycles. The number of nitrogens with one attached hydrogen (secondary N) is 1. The molecule has 0 spiro atoms. The monoisotopic (exact) mass is 321 g/mol. The lowest BCUT2D eigenvalue weighted by Crippen LogP contribution is -2.30. The van der Waals surface area contributed by atoms with Crippen molar-refractivity contribution in [2.45, 2.75) is 49.6 Å². The molecule has 1 aromatic carbocycles. The van der Waals surface area contributed by atoms with E-state index in [4.69, 9.17) is 0 Å². The predicted molar refractivity (Wildman–Crippen MR) is 74.7 cm³/mol.